The number of sulfonamides is 1. The quantitative estimate of drug-likeness (QED) is 0.488. The molecule has 1 atom stereocenters. The molecule has 0 spiro atoms. The molecule has 152 valence electrons. The molecule has 0 heterocycles. The van der Waals surface area contributed by atoms with Crippen LogP contribution in [-0.2, 0) is 24.3 Å². The van der Waals surface area contributed by atoms with Gasteiger partial charge in [-0.05, 0) is 36.6 Å². The minimum absolute atomic E-state index is 0.0495. The molecule has 1 unspecified atom stereocenters. The molecule has 2 amide bonds. The Hall–Kier alpha value is -1.97. The van der Waals surface area contributed by atoms with Crippen molar-refractivity contribution < 1.29 is 22.7 Å². The van der Waals surface area contributed by atoms with E-state index in [0.29, 0.717) is 25.3 Å². The zero-order valence-electron chi connectivity index (χ0n) is 16.2. The highest BCUT2D eigenvalue weighted by Gasteiger charge is 2.24. The average molecular weight is 400 g/mol. The van der Waals surface area contributed by atoms with E-state index < -0.39 is 16.1 Å². The Morgan fingerprint density at radius 1 is 1.15 bits per heavy atom. The van der Waals surface area contributed by atoms with E-state index in [2.05, 4.69) is 15.4 Å². The van der Waals surface area contributed by atoms with Gasteiger partial charge in [-0.2, -0.15) is 0 Å². The standard InChI is InChI=1S/C18H29N3O5S/c1-13(2)17(12-18(23)19-10-5-11-26-4)21-27(24,25)16-8-6-15(7-9-16)20-14(3)22/h6-9,13,17,21H,5,10-12H2,1-4H3,(H,19,23)(H,20,22). The second-order valence-corrected chi connectivity index (χ2v) is 8.29. The van der Waals surface area contributed by atoms with Crippen molar-refractivity contribution in [3.8, 4) is 0 Å². The van der Waals surface area contributed by atoms with Crippen molar-refractivity contribution in [1.82, 2.24) is 10.0 Å². The van der Waals surface area contributed by atoms with Gasteiger partial charge in [-0.3, -0.25) is 9.59 Å². The van der Waals surface area contributed by atoms with Gasteiger partial charge in [0.25, 0.3) is 0 Å². The second kappa shape index (κ2) is 11.0. The molecule has 8 nitrogen and oxygen atoms in total. The summed E-state index contributed by atoms with van der Waals surface area (Å²) in [7, 11) is -2.20. The van der Waals surface area contributed by atoms with Crippen LogP contribution in [0.2, 0.25) is 0 Å². The fraction of sp³-hybridized carbons (Fsp3) is 0.556. The maximum absolute atomic E-state index is 12.6. The summed E-state index contributed by atoms with van der Waals surface area (Å²) in [5, 5.41) is 5.34. The van der Waals surface area contributed by atoms with Crippen molar-refractivity contribution in [3.05, 3.63) is 24.3 Å². The van der Waals surface area contributed by atoms with Crippen LogP contribution in [0.5, 0.6) is 0 Å². The monoisotopic (exact) mass is 399 g/mol. The lowest BCUT2D eigenvalue weighted by Gasteiger charge is -2.22. The Kier molecular flexibility index (Phi) is 9.40. The zero-order chi connectivity index (χ0) is 20.4. The Bertz CT molecular complexity index is 717. The predicted molar refractivity (Wildman–Crippen MR) is 104 cm³/mol. The highest BCUT2D eigenvalue weighted by atomic mass is 32.2. The van der Waals surface area contributed by atoms with Crippen LogP contribution in [0.3, 0.4) is 0 Å². The molecular weight excluding hydrogens is 370 g/mol. The largest absolute Gasteiger partial charge is 0.385 e. The normalized spacial score (nSPS) is 12.6. The van der Waals surface area contributed by atoms with Gasteiger partial charge in [0.05, 0.1) is 4.90 Å². The number of amides is 2. The van der Waals surface area contributed by atoms with E-state index in [0.717, 1.165) is 0 Å². The number of benzene rings is 1. The highest BCUT2D eigenvalue weighted by molar-refractivity contribution is 7.89. The summed E-state index contributed by atoms with van der Waals surface area (Å²) in [6.07, 6.45) is 0.745. The predicted octanol–water partition coefficient (Wildman–Crippen LogP) is 1.49. The van der Waals surface area contributed by atoms with Crippen LogP contribution in [0.25, 0.3) is 0 Å². The van der Waals surface area contributed by atoms with Crippen LogP contribution in [-0.4, -0.2) is 46.5 Å². The Morgan fingerprint density at radius 2 is 1.78 bits per heavy atom. The molecule has 1 aromatic carbocycles. The Morgan fingerprint density at radius 3 is 2.30 bits per heavy atom. The molecule has 0 radical (unpaired) electrons. The van der Waals surface area contributed by atoms with Crippen molar-refractivity contribution in [3.63, 3.8) is 0 Å². The van der Waals surface area contributed by atoms with Gasteiger partial charge >= 0.3 is 0 Å². The van der Waals surface area contributed by atoms with E-state index in [9.17, 15) is 18.0 Å². The Labute approximate surface area is 161 Å². The van der Waals surface area contributed by atoms with E-state index in [1.54, 1.807) is 7.11 Å². The first-order chi connectivity index (χ1) is 12.7. The summed E-state index contributed by atoms with van der Waals surface area (Å²) >= 11 is 0. The first-order valence-electron chi connectivity index (χ1n) is 8.81. The molecule has 0 fully saturated rings. The minimum Gasteiger partial charge on any atom is -0.385 e. The van der Waals surface area contributed by atoms with Gasteiger partial charge in [-0.25, -0.2) is 13.1 Å². The smallest absolute Gasteiger partial charge is 0.240 e. The van der Waals surface area contributed by atoms with E-state index in [4.69, 9.17) is 4.74 Å². The van der Waals surface area contributed by atoms with Gasteiger partial charge in [-0.1, -0.05) is 13.8 Å². The molecular formula is C18H29N3O5S. The first-order valence-corrected chi connectivity index (χ1v) is 10.3. The number of methoxy groups -OCH3 is 1. The number of carbonyl (C=O) groups excluding carboxylic acids is 2. The summed E-state index contributed by atoms with van der Waals surface area (Å²) < 4.78 is 32.8. The van der Waals surface area contributed by atoms with E-state index in [1.165, 1.54) is 31.2 Å². The van der Waals surface area contributed by atoms with Crippen molar-refractivity contribution in [2.75, 3.05) is 25.6 Å². The molecule has 0 bridgehead atoms. The number of rotatable bonds is 11. The summed E-state index contributed by atoms with van der Waals surface area (Å²) in [5.74, 6) is -0.517. The van der Waals surface area contributed by atoms with Crippen LogP contribution in [0.15, 0.2) is 29.2 Å². The third-order valence-electron chi connectivity index (χ3n) is 3.85. The fourth-order valence-electron chi connectivity index (χ4n) is 2.32. The summed E-state index contributed by atoms with van der Waals surface area (Å²) in [6.45, 7) is 6.11. The molecule has 9 heteroatoms. The van der Waals surface area contributed by atoms with Gasteiger partial charge in [0.15, 0.2) is 0 Å². The third-order valence-corrected chi connectivity index (χ3v) is 5.35. The Balaban J connectivity index is 2.74. The van der Waals surface area contributed by atoms with Gasteiger partial charge in [0.1, 0.15) is 0 Å². The lowest BCUT2D eigenvalue weighted by Crippen LogP contribution is -2.42. The molecule has 0 aromatic heterocycles. The minimum atomic E-state index is -3.79. The summed E-state index contributed by atoms with van der Waals surface area (Å²) in [5.41, 5.74) is 0.511. The maximum atomic E-state index is 12.6. The lowest BCUT2D eigenvalue weighted by molar-refractivity contribution is -0.121. The van der Waals surface area contributed by atoms with Crippen molar-refractivity contribution in [1.29, 1.82) is 0 Å². The van der Waals surface area contributed by atoms with Crippen LogP contribution in [0, 0.1) is 5.92 Å². The number of nitrogens with one attached hydrogen (secondary N) is 3. The van der Waals surface area contributed by atoms with Crippen LogP contribution in [0.4, 0.5) is 5.69 Å². The first kappa shape index (κ1) is 23.1. The van der Waals surface area contributed by atoms with Crippen LogP contribution < -0.4 is 15.4 Å². The van der Waals surface area contributed by atoms with Crippen LogP contribution in [0.1, 0.15) is 33.6 Å². The van der Waals surface area contributed by atoms with Gasteiger partial charge in [0, 0.05) is 45.3 Å². The van der Waals surface area contributed by atoms with E-state index in [1.807, 2.05) is 13.8 Å². The van der Waals surface area contributed by atoms with Crippen molar-refractivity contribution >= 4 is 27.5 Å². The van der Waals surface area contributed by atoms with Gasteiger partial charge in [0.2, 0.25) is 21.8 Å². The molecule has 1 rings (SSSR count). The summed E-state index contributed by atoms with van der Waals surface area (Å²) in [6, 6.07) is 5.32. The molecule has 1 aromatic rings. The topological polar surface area (TPSA) is 114 Å². The van der Waals surface area contributed by atoms with E-state index in [-0.39, 0.29) is 29.0 Å². The zero-order valence-corrected chi connectivity index (χ0v) is 17.1. The van der Waals surface area contributed by atoms with Gasteiger partial charge in [-0.15, -0.1) is 0 Å². The van der Waals surface area contributed by atoms with Crippen molar-refractivity contribution in [2.45, 2.75) is 44.6 Å². The number of ether oxygens (including phenoxy) is 1. The highest BCUT2D eigenvalue weighted by Crippen LogP contribution is 2.16. The number of anilines is 1. The fourth-order valence-corrected chi connectivity index (χ4v) is 3.70. The number of hydrogen-bond donors (Lipinski definition) is 3. The van der Waals surface area contributed by atoms with Crippen molar-refractivity contribution in [2.24, 2.45) is 5.92 Å². The molecule has 3 N–H and O–H groups in total. The molecule has 27 heavy (non-hydrogen) atoms. The molecule has 0 saturated heterocycles. The molecule has 0 aliphatic rings. The second-order valence-electron chi connectivity index (χ2n) is 6.58. The number of hydrogen-bond acceptors (Lipinski definition) is 5. The number of carbonyl (C=O) groups is 2. The summed E-state index contributed by atoms with van der Waals surface area (Å²) in [4.78, 5) is 23.2. The molecule has 0 aliphatic heterocycles. The average Bonchev–Trinajstić information content (AvgIpc) is 2.58. The molecule has 0 saturated carbocycles. The van der Waals surface area contributed by atoms with E-state index >= 15 is 0 Å². The van der Waals surface area contributed by atoms with Gasteiger partial charge < -0.3 is 15.4 Å². The lowest BCUT2D eigenvalue weighted by atomic mass is 10.0. The third kappa shape index (κ3) is 8.51. The maximum Gasteiger partial charge on any atom is 0.240 e. The van der Waals surface area contributed by atoms with Crippen LogP contribution >= 0.6 is 0 Å². The SMILES string of the molecule is COCCCNC(=O)CC(NS(=O)(=O)c1ccc(NC(C)=O)cc1)C(C)C. The molecule has 0 aliphatic carbocycles.